The number of aliphatic hydroxyl groups excluding tert-OH is 1. The van der Waals surface area contributed by atoms with Crippen LogP contribution in [-0.2, 0) is 0 Å². The zero-order valence-electron chi connectivity index (χ0n) is 10.3. The second-order valence-corrected chi connectivity index (χ2v) is 4.61. The highest BCUT2D eigenvalue weighted by molar-refractivity contribution is 5.94. The number of likely N-dealkylation sites (N-methyl/N-ethyl adjacent to an activating group) is 1. The van der Waals surface area contributed by atoms with E-state index in [2.05, 4.69) is 0 Å². The lowest BCUT2D eigenvalue weighted by Gasteiger charge is -2.36. The molecule has 5 heteroatoms. The average molecular weight is 238 g/mol. The van der Waals surface area contributed by atoms with Gasteiger partial charge in [0.2, 0.25) is 0 Å². The van der Waals surface area contributed by atoms with Gasteiger partial charge in [-0.05, 0) is 32.0 Å². The van der Waals surface area contributed by atoms with Crippen molar-refractivity contribution in [3.05, 3.63) is 23.8 Å². The number of carboxylic acid groups (broad SMARTS) is 1. The van der Waals surface area contributed by atoms with E-state index in [0.29, 0.717) is 5.69 Å². The van der Waals surface area contributed by atoms with Gasteiger partial charge in [0.05, 0.1) is 17.7 Å². The van der Waals surface area contributed by atoms with E-state index < -0.39 is 11.5 Å². The highest BCUT2D eigenvalue weighted by Gasteiger charge is 2.23. The van der Waals surface area contributed by atoms with E-state index in [4.69, 9.17) is 10.8 Å². The Balaban J connectivity index is 3.16. The van der Waals surface area contributed by atoms with Gasteiger partial charge in [-0.1, -0.05) is 0 Å². The van der Waals surface area contributed by atoms with Gasteiger partial charge in [-0.15, -0.1) is 0 Å². The predicted molar refractivity (Wildman–Crippen MR) is 67.4 cm³/mol. The Kier molecular flexibility index (Phi) is 3.63. The van der Waals surface area contributed by atoms with Gasteiger partial charge in [-0.2, -0.15) is 0 Å². The van der Waals surface area contributed by atoms with Crippen LogP contribution in [0.2, 0.25) is 0 Å². The molecule has 17 heavy (non-hydrogen) atoms. The van der Waals surface area contributed by atoms with Crippen molar-refractivity contribution >= 4 is 17.3 Å². The molecular formula is C12H18N2O3. The van der Waals surface area contributed by atoms with E-state index in [0.717, 1.165) is 0 Å². The van der Waals surface area contributed by atoms with Crippen molar-refractivity contribution in [1.82, 2.24) is 0 Å². The Hall–Kier alpha value is -1.75. The van der Waals surface area contributed by atoms with Gasteiger partial charge >= 0.3 is 5.97 Å². The van der Waals surface area contributed by atoms with Crippen LogP contribution in [0, 0.1) is 0 Å². The van der Waals surface area contributed by atoms with Crippen LogP contribution in [0.4, 0.5) is 11.4 Å². The number of aliphatic hydroxyl groups is 1. The minimum atomic E-state index is -1.06. The minimum Gasteiger partial charge on any atom is -0.478 e. The summed E-state index contributed by atoms with van der Waals surface area (Å²) in [6, 6.07) is 4.80. The molecule has 4 N–H and O–H groups in total. The maximum absolute atomic E-state index is 11.0. The molecule has 0 aliphatic heterocycles. The first-order chi connectivity index (χ1) is 7.79. The first kappa shape index (κ1) is 13.3. The number of carboxylic acids is 1. The van der Waals surface area contributed by atoms with Crippen molar-refractivity contribution in [2.45, 2.75) is 19.4 Å². The Bertz CT molecular complexity index is 430. The predicted octanol–water partition coefficient (Wildman–Crippen LogP) is 1.17. The topological polar surface area (TPSA) is 86.8 Å². The quantitative estimate of drug-likeness (QED) is 0.685. The molecule has 0 bridgehead atoms. The Labute approximate surface area is 100 Å². The molecule has 0 atom stereocenters. The highest BCUT2D eigenvalue weighted by atomic mass is 16.4. The van der Waals surface area contributed by atoms with Gasteiger partial charge in [-0.25, -0.2) is 4.79 Å². The number of nitrogens with zero attached hydrogens (tertiary/aromatic N) is 1. The van der Waals surface area contributed by atoms with E-state index in [-0.39, 0.29) is 17.9 Å². The van der Waals surface area contributed by atoms with Crippen LogP contribution < -0.4 is 10.6 Å². The smallest absolute Gasteiger partial charge is 0.337 e. The van der Waals surface area contributed by atoms with Crippen LogP contribution in [-0.4, -0.2) is 35.4 Å². The molecule has 0 aliphatic rings. The monoisotopic (exact) mass is 238 g/mol. The molecule has 0 fully saturated rings. The maximum Gasteiger partial charge on any atom is 0.337 e. The van der Waals surface area contributed by atoms with Crippen LogP contribution in [0.25, 0.3) is 0 Å². The Morgan fingerprint density at radius 2 is 2.06 bits per heavy atom. The second-order valence-electron chi connectivity index (χ2n) is 4.61. The molecular weight excluding hydrogens is 220 g/mol. The minimum absolute atomic E-state index is 0.0315. The van der Waals surface area contributed by atoms with Crippen LogP contribution in [0.5, 0.6) is 0 Å². The molecule has 0 spiro atoms. The summed E-state index contributed by atoms with van der Waals surface area (Å²) < 4.78 is 0. The van der Waals surface area contributed by atoms with Gasteiger partial charge in [0, 0.05) is 18.4 Å². The Morgan fingerprint density at radius 3 is 2.53 bits per heavy atom. The summed E-state index contributed by atoms with van der Waals surface area (Å²) in [5, 5.41) is 18.3. The lowest BCUT2D eigenvalue weighted by Crippen LogP contribution is -2.44. The van der Waals surface area contributed by atoms with E-state index in [1.165, 1.54) is 6.07 Å². The maximum atomic E-state index is 11.0. The average Bonchev–Trinajstić information content (AvgIpc) is 2.28. The fraction of sp³-hybridized carbons (Fsp3) is 0.417. The number of nitrogen functional groups attached to an aromatic ring is 1. The van der Waals surface area contributed by atoms with E-state index in [9.17, 15) is 9.90 Å². The molecule has 0 amide bonds. The number of anilines is 2. The third-order valence-corrected chi connectivity index (χ3v) is 2.95. The van der Waals surface area contributed by atoms with Crippen molar-refractivity contribution in [2.24, 2.45) is 0 Å². The van der Waals surface area contributed by atoms with Crippen molar-refractivity contribution < 1.29 is 15.0 Å². The third-order valence-electron chi connectivity index (χ3n) is 2.95. The van der Waals surface area contributed by atoms with E-state index in [1.54, 1.807) is 19.2 Å². The number of hydrogen-bond donors (Lipinski definition) is 3. The number of rotatable bonds is 4. The Morgan fingerprint density at radius 1 is 1.47 bits per heavy atom. The first-order valence-electron chi connectivity index (χ1n) is 5.27. The summed E-state index contributed by atoms with van der Waals surface area (Å²) >= 11 is 0. The number of carbonyl (C=O) groups is 1. The standard InChI is InChI=1S/C12H18N2O3/c1-12(2,7-15)14(3)8-4-5-10(13)9(6-8)11(16)17/h4-6,15H,7,13H2,1-3H3,(H,16,17). The molecule has 0 unspecified atom stereocenters. The molecule has 5 nitrogen and oxygen atoms in total. The summed E-state index contributed by atoms with van der Waals surface area (Å²) in [6.45, 7) is 3.70. The van der Waals surface area contributed by atoms with Crippen molar-refractivity contribution in [1.29, 1.82) is 0 Å². The van der Waals surface area contributed by atoms with E-state index >= 15 is 0 Å². The van der Waals surface area contributed by atoms with Crippen molar-refractivity contribution in [3.8, 4) is 0 Å². The SMILES string of the molecule is CN(c1ccc(N)c(C(=O)O)c1)C(C)(C)CO. The summed E-state index contributed by atoms with van der Waals surface area (Å²) in [5.74, 6) is -1.06. The highest BCUT2D eigenvalue weighted by Crippen LogP contribution is 2.25. The van der Waals surface area contributed by atoms with Crippen LogP contribution >= 0.6 is 0 Å². The molecule has 0 aliphatic carbocycles. The fourth-order valence-corrected chi connectivity index (χ4v) is 1.39. The molecule has 1 aromatic rings. The van der Waals surface area contributed by atoms with Gasteiger partial charge in [-0.3, -0.25) is 0 Å². The molecule has 0 saturated heterocycles. The normalized spacial score (nSPS) is 11.3. The molecule has 1 aromatic carbocycles. The molecule has 94 valence electrons. The van der Waals surface area contributed by atoms with Crippen molar-refractivity contribution in [2.75, 3.05) is 24.3 Å². The zero-order chi connectivity index (χ0) is 13.2. The fourth-order valence-electron chi connectivity index (χ4n) is 1.39. The second kappa shape index (κ2) is 4.63. The lowest BCUT2D eigenvalue weighted by molar-refractivity contribution is 0.0698. The number of aromatic carboxylic acids is 1. The van der Waals surface area contributed by atoms with Gasteiger partial charge in [0.15, 0.2) is 0 Å². The lowest BCUT2D eigenvalue weighted by atomic mass is 10.0. The van der Waals surface area contributed by atoms with Crippen LogP contribution in [0.1, 0.15) is 24.2 Å². The molecule has 0 aromatic heterocycles. The number of nitrogens with two attached hydrogens (primary N) is 1. The number of benzene rings is 1. The van der Waals surface area contributed by atoms with Gasteiger partial charge < -0.3 is 20.8 Å². The molecule has 1 rings (SSSR count). The summed E-state index contributed by atoms with van der Waals surface area (Å²) in [7, 11) is 1.80. The largest absolute Gasteiger partial charge is 0.478 e. The number of hydrogen-bond acceptors (Lipinski definition) is 4. The molecule has 0 heterocycles. The van der Waals surface area contributed by atoms with Crippen LogP contribution in [0.15, 0.2) is 18.2 Å². The molecule has 0 saturated carbocycles. The van der Waals surface area contributed by atoms with E-state index in [1.807, 2.05) is 18.7 Å². The van der Waals surface area contributed by atoms with Crippen LogP contribution in [0.3, 0.4) is 0 Å². The van der Waals surface area contributed by atoms with Gasteiger partial charge in [0.1, 0.15) is 0 Å². The van der Waals surface area contributed by atoms with Gasteiger partial charge in [0.25, 0.3) is 0 Å². The summed E-state index contributed by atoms with van der Waals surface area (Å²) in [5.41, 5.74) is 6.13. The third kappa shape index (κ3) is 2.68. The molecule has 0 radical (unpaired) electrons. The summed E-state index contributed by atoms with van der Waals surface area (Å²) in [6.07, 6.45) is 0. The zero-order valence-corrected chi connectivity index (χ0v) is 10.3. The summed E-state index contributed by atoms with van der Waals surface area (Å²) in [4.78, 5) is 12.8. The van der Waals surface area contributed by atoms with Crippen molar-refractivity contribution in [3.63, 3.8) is 0 Å². The first-order valence-corrected chi connectivity index (χ1v) is 5.27.